The first-order valence-electron chi connectivity index (χ1n) is 14.6. The molecule has 4 rings (SSSR count). The van der Waals surface area contributed by atoms with Crippen LogP contribution in [0, 0.1) is 11.8 Å². The van der Waals surface area contributed by atoms with Crippen molar-refractivity contribution < 1.29 is 33.8 Å². The molecule has 1 aromatic carbocycles. The molecule has 0 unspecified atom stereocenters. The number of hydrogen-bond donors (Lipinski definition) is 2. The zero-order chi connectivity index (χ0) is 30.7. The minimum absolute atomic E-state index is 0.0464. The molecular formula is C32H43N3O7. The summed E-state index contributed by atoms with van der Waals surface area (Å²) in [4.78, 5) is 57.4. The molecule has 1 spiro atoms. The van der Waals surface area contributed by atoms with Crippen LogP contribution >= 0.6 is 0 Å². The zero-order valence-electron chi connectivity index (χ0n) is 24.8. The Balaban J connectivity index is 1.62. The van der Waals surface area contributed by atoms with Crippen LogP contribution in [0.1, 0.15) is 58.1 Å². The minimum Gasteiger partial charge on any atom is -0.463 e. The summed E-state index contributed by atoms with van der Waals surface area (Å²) in [5.74, 6) is -3.18. The van der Waals surface area contributed by atoms with Crippen LogP contribution in [-0.2, 0) is 28.7 Å². The van der Waals surface area contributed by atoms with Gasteiger partial charge in [0.1, 0.15) is 18.2 Å². The summed E-state index contributed by atoms with van der Waals surface area (Å²) in [6.07, 6.45) is 4.37. The van der Waals surface area contributed by atoms with Crippen LogP contribution in [-0.4, -0.2) is 88.2 Å². The van der Waals surface area contributed by atoms with Crippen LogP contribution in [0.4, 0.5) is 0 Å². The van der Waals surface area contributed by atoms with Gasteiger partial charge in [0.2, 0.25) is 17.7 Å². The summed E-state index contributed by atoms with van der Waals surface area (Å²) in [6.45, 7) is 13.0. The van der Waals surface area contributed by atoms with Crippen molar-refractivity contribution in [2.24, 2.45) is 11.8 Å². The Kier molecular flexibility index (Phi) is 9.57. The first kappa shape index (κ1) is 31.4. The Morgan fingerprint density at radius 1 is 1.24 bits per heavy atom. The number of benzene rings is 1. The molecule has 0 aliphatic carbocycles. The third-order valence-electron chi connectivity index (χ3n) is 8.55. The second-order valence-corrected chi connectivity index (χ2v) is 12.2. The van der Waals surface area contributed by atoms with Gasteiger partial charge in [0, 0.05) is 25.0 Å². The highest BCUT2D eigenvalue weighted by Gasteiger charge is 2.74. The molecule has 3 saturated heterocycles. The second-order valence-electron chi connectivity index (χ2n) is 12.2. The molecule has 0 aromatic heterocycles. The van der Waals surface area contributed by atoms with Crippen molar-refractivity contribution in [3.8, 4) is 0 Å². The number of ether oxygens (including phenoxy) is 2. The molecule has 3 fully saturated rings. The molecule has 10 heteroatoms. The smallest absolute Gasteiger partial charge is 0.306 e. The number of aliphatic hydroxyl groups excluding tert-OH is 1. The highest BCUT2D eigenvalue weighted by Crippen LogP contribution is 2.58. The van der Waals surface area contributed by atoms with E-state index in [0.717, 1.165) is 5.56 Å². The highest BCUT2D eigenvalue weighted by molar-refractivity contribution is 5.99. The number of β-amino-alcohol motifs (C(OH)–C–C–N with tert-alkyl or cyclic N) is 1. The lowest BCUT2D eigenvalue weighted by molar-refractivity contribution is -0.152. The van der Waals surface area contributed by atoms with Crippen LogP contribution < -0.4 is 5.32 Å². The Morgan fingerprint density at radius 3 is 2.57 bits per heavy atom. The highest BCUT2D eigenvalue weighted by atomic mass is 16.5. The number of hydrogen-bond acceptors (Lipinski definition) is 7. The van der Waals surface area contributed by atoms with Crippen LogP contribution in [0.3, 0.4) is 0 Å². The fourth-order valence-electron chi connectivity index (χ4n) is 6.69. The zero-order valence-corrected chi connectivity index (χ0v) is 24.8. The predicted molar refractivity (Wildman–Crippen MR) is 156 cm³/mol. The lowest BCUT2D eigenvalue weighted by Gasteiger charge is -2.41. The molecule has 6 atom stereocenters. The first-order valence-corrected chi connectivity index (χ1v) is 14.6. The van der Waals surface area contributed by atoms with Crippen LogP contribution in [0.25, 0.3) is 0 Å². The summed E-state index contributed by atoms with van der Waals surface area (Å²) in [6, 6.07) is 7.56. The van der Waals surface area contributed by atoms with E-state index in [1.165, 1.54) is 4.90 Å². The van der Waals surface area contributed by atoms with Crippen LogP contribution in [0.15, 0.2) is 55.6 Å². The van der Waals surface area contributed by atoms with E-state index >= 15 is 0 Å². The van der Waals surface area contributed by atoms with Gasteiger partial charge in [-0.2, -0.15) is 0 Å². The first-order chi connectivity index (χ1) is 20.0. The van der Waals surface area contributed by atoms with Gasteiger partial charge in [-0.3, -0.25) is 19.2 Å². The van der Waals surface area contributed by atoms with Crippen LogP contribution in [0.5, 0.6) is 0 Å². The van der Waals surface area contributed by atoms with Gasteiger partial charge in [0.25, 0.3) is 0 Å². The van der Waals surface area contributed by atoms with Crippen molar-refractivity contribution in [2.75, 3.05) is 26.3 Å². The van der Waals surface area contributed by atoms with E-state index in [1.807, 2.05) is 51.1 Å². The van der Waals surface area contributed by atoms with Crippen molar-refractivity contribution in [1.82, 2.24) is 15.1 Å². The second kappa shape index (κ2) is 12.8. The van der Waals surface area contributed by atoms with Gasteiger partial charge in [-0.1, -0.05) is 42.5 Å². The maximum atomic E-state index is 14.2. The Morgan fingerprint density at radius 2 is 1.95 bits per heavy atom. The summed E-state index contributed by atoms with van der Waals surface area (Å²) >= 11 is 0. The van der Waals surface area contributed by atoms with Gasteiger partial charge in [0.15, 0.2) is 0 Å². The molecule has 10 nitrogen and oxygen atoms in total. The van der Waals surface area contributed by atoms with E-state index in [2.05, 4.69) is 18.5 Å². The van der Waals surface area contributed by atoms with E-state index in [-0.39, 0.29) is 44.5 Å². The topological polar surface area (TPSA) is 125 Å². The Bertz CT molecular complexity index is 1200. The fourth-order valence-corrected chi connectivity index (χ4v) is 6.69. The number of allylic oxidation sites excluding steroid dienone is 1. The number of carbonyl (C=O) groups excluding carboxylic acids is 4. The molecule has 2 N–H and O–H groups in total. The number of esters is 1. The van der Waals surface area contributed by atoms with Crippen molar-refractivity contribution in [1.29, 1.82) is 0 Å². The number of aliphatic hydroxyl groups is 1. The maximum absolute atomic E-state index is 14.2. The van der Waals surface area contributed by atoms with Crippen LogP contribution in [0.2, 0.25) is 0 Å². The molecule has 0 saturated carbocycles. The monoisotopic (exact) mass is 581 g/mol. The molecule has 3 aliphatic rings. The predicted octanol–water partition coefficient (Wildman–Crippen LogP) is 2.53. The molecule has 228 valence electrons. The SMILES string of the molecule is C=CCCC(=O)OC[C@@H](NC(=O)[C@@H]1[C@@H]2CC[C@]3(O2)[C@H](C(=O)N(CC=C)C(C)(C)C)N(CCO)C(=O)[C@@H]13)c1ccccc1. The van der Waals surface area contributed by atoms with E-state index < -0.39 is 53.0 Å². The van der Waals surface area contributed by atoms with Crippen molar-refractivity contribution in [3.05, 3.63) is 61.2 Å². The summed E-state index contributed by atoms with van der Waals surface area (Å²) < 4.78 is 12.0. The lowest BCUT2D eigenvalue weighted by Crippen LogP contribution is -2.60. The molecule has 42 heavy (non-hydrogen) atoms. The average Bonchev–Trinajstić information content (AvgIpc) is 3.60. The number of nitrogens with one attached hydrogen (secondary N) is 1. The number of amides is 3. The lowest BCUT2D eigenvalue weighted by atomic mass is 9.70. The largest absolute Gasteiger partial charge is 0.463 e. The number of nitrogens with zero attached hydrogens (tertiary/aromatic N) is 2. The molecule has 2 bridgehead atoms. The van der Waals surface area contributed by atoms with Crippen molar-refractivity contribution in [3.63, 3.8) is 0 Å². The van der Waals surface area contributed by atoms with Gasteiger partial charge in [-0.15, -0.1) is 13.2 Å². The number of carbonyl (C=O) groups is 4. The molecule has 0 radical (unpaired) electrons. The van der Waals surface area contributed by atoms with Gasteiger partial charge in [-0.25, -0.2) is 0 Å². The third kappa shape index (κ3) is 5.87. The number of rotatable bonds is 13. The van der Waals surface area contributed by atoms with E-state index in [1.54, 1.807) is 17.1 Å². The maximum Gasteiger partial charge on any atom is 0.306 e. The Labute approximate surface area is 247 Å². The van der Waals surface area contributed by atoms with E-state index in [9.17, 15) is 24.3 Å². The van der Waals surface area contributed by atoms with Gasteiger partial charge >= 0.3 is 5.97 Å². The normalized spacial score (nSPS) is 26.9. The summed E-state index contributed by atoms with van der Waals surface area (Å²) in [5.41, 5.74) is -0.993. The number of fused-ring (bicyclic) bond motifs is 1. The van der Waals surface area contributed by atoms with E-state index in [4.69, 9.17) is 9.47 Å². The minimum atomic E-state index is -1.18. The number of likely N-dealkylation sites (tertiary alicyclic amines) is 1. The van der Waals surface area contributed by atoms with E-state index in [0.29, 0.717) is 19.3 Å². The summed E-state index contributed by atoms with van der Waals surface area (Å²) in [5, 5.41) is 12.9. The standard InChI is InChI=1S/C32H43N3O7/c1-6-8-14-24(37)41-20-22(21-12-10-9-11-13-21)33-28(38)25-23-15-16-32(42-23)26(25)29(39)34(18-19-36)27(32)30(40)35(17-7-2)31(3,4)5/h6-7,9-13,22-23,25-27,36H,1-2,8,14-20H2,3-5H3,(H,33,38)/t22-,23+,25-,26-,27+,32-/m1/s1. The van der Waals surface area contributed by atoms with Gasteiger partial charge in [-0.05, 0) is 45.6 Å². The molecule has 3 heterocycles. The third-order valence-corrected chi connectivity index (χ3v) is 8.55. The van der Waals surface area contributed by atoms with Crippen molar-refractivity contribution in [2.45, 2.75) is 75.8 Å². The van der Waals surface area contributed by atoms with Gasteiger partial charge in [0.05, 0.1) is 30.6 Å². The average molecular weight is 582 g/mol. The molecule has 1 aromatic rings. The quantitative estimate of drug-likeness (QED) is 0.271. The fraction of sp³-hybridized carbons (Fsp3) is 0.562. The van der Waals surface area contributed by atoms with Gasteiger partial charge < -0.3 is 29.7 Å². The van der Waals surface area contributed by atoms with Crippen molar-refractivity contribution >= 4 is 23.7 Å². The summed E-state index contributed by atoms with van der Waals surface area (Å²) in [7, 11) is 0. The Hall–Kier alpha value is -3.50. The molecular weight excluding hydrogens is 538 g/mol. The molecule has 3 aliphatic heterocycles. The molecule has 3 amide bonds.